The summed E-state index contributed by atoms with van der Waals surface area (Å²) in [6.07, 6.45) is 7.38. The zero-order chi connectivity index (χ0) is 62.9. The molecular weight excluding hydrogens is 1190 g/mol. The van der Waals surface area contributed by atoms with Crippen LogP contribution in [0.2, 0.25) is 0 Å². The molecule has 23 heteroatoms. The van der Waals surface area contributed by atoms with Crippen molar-refractivity contribution in [3.8, 4) is 56.7 Å². The maximum Gasteiger partial charge on any atom is 0.408 e. The molecule has 92 heavy (non-hydrogen) atoms. The number of carbonyl (C=O) groups is 3. The van der Waals surface area contributed by atoms with Gasteiger partial charge in [-0.1, -0.05) is 48.5 Å². The van der Waals surface area contributed by atoms with Crippen molar-refractivity contribution in [3.63, 3.8) is 0 Å². The fourth-order valence-electron chi connectivity index (χ4n) is 11.8. The molecule has 472 valence electrons. The van der Waals surface area contributed by atoms with Crippen LogP contribution in [0.15, 0.2) is 158 Å². The summed E-state index contributed by atoms with van der Waals surface area (Å²) in [5, 5.41) is 9.00. The quantitative estimate of drug-likeness (QED) is 0.0625. The molecule has 4 aliphatic rings. The molecule has 6 aromatic heterocycles. The minimum atomic E-state index is -0.654. The molecule has 22 nitrogen and oxygen atoms in total. The van der Waals surface area contributed by atoms with Crippen molar-refractivity contribution in [1.82, 2.24) is 44.4 Å². The van der Waals surface area contributed by atoms with Crippen molar-refractivity contribution >= 4 is 75.7 Å². The molecule has 9 N–H and O–H groups in total. The van der Waals surface area contributed by atoms with Crippen LogP contribution < -0.4 is 33.2 Å². The van der Waals surface area contributed by atoms with Crippen molar-refractivity contribution in [2.24, 2.45) is 5.73 Å². The van der Waals surface area contributed by atoms with E-state index in [2.05, 4.69) is 50.2 Å². The maximum atomic E-state index is 12.8. The van der Waals surface area contributed by atoms with Gasteiger partial charge in [0.25, 0.3) is 11.8 Å². The Hall–Kier alpha value is -9.68. The molecule has 2 saturated heterocycles. The fourth-order valence-corrected chi connectivity index (χ4v) is 11.8. The van der Waals surface area contributed by atoms with E-state index >= 15 is 0 Å². The topological polar surface area (TPSA) is 299 Å². The molecular formula is C69H71ClN14O8. The molecule has 2 aliphatic heterocycles. The Kier molecular flexibility index (Phi) is 17.8. The number of fused-ring (bicyclic) bond motifs is 2. The molecule has 14 rings (SSSR count). The van der Waals surface area contributed by atoms with Gasteiger partial charge in [-0.2, -0.15) is 0 Å². The molecule has 10 aromatic rings. The number of rotatable bonds is 13. The normalized spacial score (nSPS) is 17.4. The minimum absolute atomic E-state index is 0. The lowest BCUT2D eigenvalue weighted by atomic mass is 9.72. The van der Waals surface area contributed by atoms with E-state index in [1.807, 2.05) is 151 Å². The molecule has 8 heterocycles. The van der Waals surface area contributed by atoms with Gasteiger partial charge in [-0.15, -0.1) is 12.4 Å². The van der Waals surface area contributed by atoms with Crippen LogP contribution in [0.25, 0.3) is 79.0 Å². The number of nitrogens with zero attached hydrogens (tertiary/aromatic N) is 8. The second-order valence-electron chi connectivity index (χ2n) is 24.2. The lowest BCUT2D eigenvalue weighted by molar-refractivity contribution is -0.142. The Balaban J connectivity index is 0.000000177. The number of hydrogen-bond acceptors (Lipinski definition) is 17. The van der Waals surface area contributed by atoms with Crippen molar-refractivity contribution in [2.45, 2.75) is 88.2 Å². The largest absolute Gasteiger partial charge is 0.444 e. The average molecular weight is 1260 g/mol. The predicted molar refractivity (Wildman–Crippen MR) is 354 cm³/mol. The van der Waals surface area contributed by atoms with E-state index in [0.717, 1.165) is 77.8 Å². The number of nitrogen functional groups attached to an aromatic ring is 2. The van der Waals surface area contributed by atoms with Crippen LogP contribution in [0, 0.1) is 0 Å². The highest BCUT2D eigenvalue weighted by Crippen LogP contribution is 2.43. The van der Waals surface area contributed by atoms with Gasteiger partial charge in [-0.3, -0.25) is 18.7 Å². The highest BCUT2D eigenvalue weighted by molar-refractivity contribution is 5.96. The standard InChI is InChI=1S/C37H39N7O5.C32H31N7O3.ClH/c1-36(2,3)49-35(46)43-37(16-6-17-37)24-10-12-26(13-11-24)44-32(27-9-5-18-39-31(27)38)42-29-15-14-28(41-33(29)44)23-7-4-8-25(21-23)40-34(45)30-22-47-19-20-48-30;33-28-24(6-2-15-35-28)29-38-26-12-11-25(20-4-1-5-22(18-20)36-31(40)27-19-41-16-17-42-27)37-30(26)39(29)23-9-7-21(8-10-23)32(34)13-3-14-32;/h4-5,7-15,18,21,30H,6,16-17,19-20,22H2,1-3H3,(H2,38,39)(H,40,45)(H,43,46);1-2,4-12,15,18,27H,3,13-14,16-17,19,34H2,(H2,33,35)(H,36,40);1H. The number of carbonyl (C=O) groups excluding carboxylic acids is 3. The zero-order valence-corrected chi connectivity index (χ0v) is 52.0. The van der Waals surface area contributed by atoms with Crippen molar-refractivity contribution in [1.29, 1.82) is 0 Å². The Morgan fingerprint density at radius 2 is 1.03 bits per heavy atom. The summed E-state index contributed by atoms with van der Waals surface area (Å²) in [6, 6.07) is 46.6. The van der Waals surface area contributed by atoms with E-state index in [1.165, 1.54) is 0 Å². The molecule has 2 unspecified atom stereocenters. The van der Waals surface area contributed by atoms with Gasteiger partial charge in [0.15, 0.2) is 35.2 Å². The Bertz CT molecular complexity index is 4340. The highest BCUT2D eigenvalue weighted by Gasteiger charge is 2.41. The lowest BCUT2D eigenvalue weighted by Crippen LogP contribution is -2.52. The van der Waals surface area contributed by atoms with Gasteiger partial charge in [0, 0.05) is 51.8 Å². The van der Waals surface area contributed by atoms with Gasteiger partial charge < -0.3 is 56.8 Å². The van der Waals surface area contributed by atoms with E-state index in [-0.39, 0.29) is 43.0 Å². The Morgan fingerprint density at radius 3 is 1.43 bits per heavy atom. The number of hydrogen-bond donors (Lipinski definition) is 6. The Morgan fingerprint density at radius 1 is 0.565 bits per heavy atom. The van der Waals surface area contributed by atoms with Crippen LogP contribution in [0.3, 0.4) is 0 Å². The molecule has 2 aliphatic carbocycles. The third kappa shape index (κ3) is 13.1. The first-order valence-corrected chi connectivity index (χ1v) is 30.5. The Labute approximate surface area is 537 Å². The van der Waals surface area contributed by atoms with Crippen LogP contribution in [-0.2, 0) is 44.4 Å². The van der Waals surface area contributed by atoms with E-state index < -0.39 is 29.4 Å². The van der Waals surface area contributed by atoms with Crippen LogP contribution in [0.5, 0.6) is 0 Å². The van der Waals surface area contributed by atoms with Crippen LogP contribution in [-0.4, -0.2) is 114 Å². The molecule has 0 bridgehead atoms. The van der Waals surface area contributed by atoms with Crippen LogP contribution in [0.4, 0.5) is 27.8 Å². The minimum Gasteiger partial charge on any atom is -0.444 e. The summed E-state index contributed by atoms with van der Waals surface area (Å²) in [5.74, 6) is 1.48. The number of aromatic nitrogens is 8. The number of alkyl carbamates (subject to hydrolysis) is 1. The van der Waals surface area contributed by atoms with Gasteiger partial charge in [0.2, 0.25) is 0 Å². The summed E-state index contributed by atoms with van der Waals surface area (Å²) in [7, 11) is 0. The second-order valence-corrected chi connectivity index (χ2v) is 24.2. The van der Waals surface area contributed by atoms with Crippen LogP contribution in [0.1, 0.15) is 70.4 Å². The van der Waals surface area contributed by atoms with E-state index in [0.29, 0.717) is 100 Å². The monoisotopic (exact) mass is 1260 g/mol. The van der Waals surface area contributed by atoms with E-state index in [4.69, 9.17) is 60.8 Å². The summed E-state index contributed by atoms with van der Waals surface area (Å²) in [4.78, 5) is 66.9. The summed E-state index contributed by atoms with van der Waals surface area (Å²) in [6.45, 7) is 7.79. The predicted octanol–water partition coefficient (Wildman–Crippen LogP) is 10.8. The maximum absolute atomic E-state index is 12.8. The molecule has 0 radical (unpaired) electrons. The van der Waals surface area contributed by atoms with Gasteiger partial charge in [-0.25, -0.2) is 34.7 Å². The first-order chi connectivity index (χ1) is 44.1. The first-order valence-electron chi connectivity index (χ1n) is 30.5. The summed E-state index contributed by atoms with van der Waals surface area (Å²) in [5.41, 5.74) is 30.2. The fraction of sp³-hybridized carbons (Fsp3) is 0.290. The van der Waals surface area contributed by atoms with Gasteiger partial charge in [0.05, 0.1) is 67.7 Å². The molecule has 4 aromatic carbocycles. The first kappa shape index (κ1) is 62.5. The van der Waals surface area contributed by atoms with Crippen molar-refractivity contribution in [2.75, 3.05) is 61.7 Å². The highest BCUT2D eigenvalue weighted by atomic mass is 35.5. The summed E-state index contributed by atoms with van der Waals surface area (Å²) >= 11 is 0. The number of anilines is 4. The van der Waals surface area contributed by atoms with Gasteiger partial charge >= 0.3 is 6.09 Å². The number of amides is 3. The third-order valence-electron chi connectivity index (χ3n) is 16.8. The van der Waals surface area contributed by atoms with Crippen molar-refractivity contribution < 1.29 is 38.1 Å². The van der Waals surface area contributed by atoms with E-state index in [1.54, 1.807) is 12.4 Å². The van der Waals surface area contributed by atoms with Crippen LogP contribution >= 0.6 is 12.4 Å². The van der Waals surface area contributed by atoms with Crippen molar-refractivity contribution in [3.05, 3.63) is 169 Å². The lowest BCUT2D eigenvalue weighted by Gasteiger charge is -2.43. The molecule has 2 atom stereocenters. The zero-order valence-electron chi connectivity index (χ0n) is 51.1. The van der Waals surface area contributed by atoms with Gasteiger partial charge in [-0.05, 0) is 167 Å². The van der Waals surface area contributed by atoms with Gasteiger partial charge in [0.1, 0.15) is 28.3 Å². The number of nitrogens with one attached hydrogen (secondary N) is 3. The SMILES string of the molecule is CC(C)(C)OC(=O)NC1(c2ccc(-n3c(-c4cccnc4N)nc4ccc(-c5cccc(NC(=O)C6COCCO6)c5)nc43)cc2)CCC1.Cl.Nc1ncccc1-c1nc2ccc(-c3cccc(NC(=O)C4COCCO4)c3)nc2n1-c1ccc(C2(N)CCC2)cc1. The molecule has 0 spiro atoms. The number of halogens is 1. The number of pyridine rings is 4. The smallest absolute Gasteiger partial charge is 0.408 e. The second kappa shape index (κ2) is 26.3. The average Bonchev–Trinajstić information content (AvgIpc) is 1.47. The number of imidazole rings is 2. The number of nitrogens with two attached hydrogens (primary N) is 3. The number of benzene rings is 4. The number of ether oxygens (including phenoxy) is 5. The molecule has 4 fully saturated rings. The molecule has 2 saturated carbocycles. The molecule has 3 amide bonds. The summed E-state index contributed by atoms with van der Waals surface area (Å²) < 4.78 is 31.4. The van der Waals surface area contributed by atoms with E-state index in [9.17, 15) is 14.4 Å². The third-order valence-corrected chi connectivity index (χ3v) is 16.8.